The van der Waals surface area contributed by atoms with Crippen LogP contribution in [0.1, 0.15) is 77.3 Å². The van der Waals surface area contributed by atoms with E-state index in [1.54, 1.807) is 12.1 Å². The van der Waals surface area contributed by atoms with Crippen LogP contribution >= 0.6 is 0 Å². The van der Waals surface area contributed by atoms with Gasteiger partial charge >= 0.3 is 5.97 Å². The van der Waals surface area contributed by atoms with Crippen LogP contribution in [0.25, 0.3) is 10.8 Å². The Morgan fingerprint density at radius 1 is 0.941 bits per heavy atom. The molecule has 2 fully saturated rings. The van der Waals surface area contributed by atoms with Gasteiger partial charge in [0, 0.05) is 18.5 Å². The highest BCUT2D eigenvalue weighted by atomic mass is 16.4. The van der Waals surface area contributed by atoms with Gasteiger partial charge in [0.25, 0.3) is 0 Å². The SMILES string of the molecule is CC1CCC(NCc2ccc3c(c2)CC2C(c4ccc5cc(C(=O)O)ccc5c4)NNC32)CC1. The Balaban J connectivity index is 1.17. The number of hydrogen-bond acceptors (Lipinski definition) is 4. The van der Waals surface area contributed by atoms with Gasteiger partial charge in [-0.1, -0.05) is 43.3 Å². The number of hydrazine groups is 1. The zero-order valence-electron chi connectivity index (χ0n) is 19.7. The summed E-state index contributed by atoms with van der Waals surface area (Å²) in [5.41, 5.74) is 13.0. The maximum absolute atomic E-state index is 11.3. The van der Waals surface area contributed by atoms with Crippen LogP contribution in [0.5, 0.6) is 0 Å². The number of carbonyl (C=O) groups is 1. The summed E-state index contributed by atoms with van der Waals surface area (Å²) in [6.45, 7) is 3.33. The Morgan fingerprint density at radius 2 is 1.71 bits per heavy atom. The quantitative estimate of drug-likeness (QED) is 0.422. The Bertz CT molecular complexity index is 1230. The van der Waals surface area contributed by atoms with Gasteiger partial charge < -0.3 is 10.4 Å². The molecule has 3 aliphatic rings. The van der Waals surface area contributed by atoms with E-state index in [0.29, 0.717) is 23.6 Å². The van der Waals surface area contributed by atoms with Crippen molar-refractivity contribution in [2.75, 3.05) is 0 Å². The molecule has 34 heavy (non-hydrogen) atoms. The number of benzene rings is 3. The first-order valence-electron chi connectivity index (χ1n) is 12.7. The van der Waals surface area contributed by atoms with Gasteiger partial charge in [0.1, 0.15) is 0 Å². The number of rotatable bonds is 5. The normalized spacial score (nSPS) is 28.1. The van der Waals surface area contributed by atoms with Crippen molar-refractivity contribution in [1.29, 1.82) is 0 Å². The average molecular weight is 456 g/mol. The van der Waals surface area contributed by atoms with Crippen molar-refractivity contribution in [3.05, 3.63) is 82.4 Å². The van der Waals surface area contributed by atoms with E-state index in [1.807, 2.05) is 12.1 Å². The Labute approximate surface area is 200 Å². The zero-order valence-corrected chi connectivity index (χ0v) is 19.7. The lowest BCUT2D eigenvalue weighted by molar-refractivity contribution is 0.0697. The van der Waals surface area contributed by atoms with E-state index in [1.165, 1.54) is 47.9 Å². The van der Waals surface area contributed by atoms with Crippen LogP contribution in [0.2, 0.25) is 0 Å². The monoisotopic (exact) mass is 455 g/mol. The van der Waals surface area contributed by atoms with Gasteiger partial charge in [-0.25, -0.2) is 15.6 Å². The lowest BCUT2D eigenvalue weighted by Gasteiger charge is -2.27. The third-order valence-electron chi connectivity index (χ3n) is 8.33. The van der Waals surface area contributed by atoms with Crippen LogP contribution in [0.15, 0.2) is 54.6 Å². The number of fused-ring (bicyclic) bond motifs is 4. The fraction of sp³-hybridized carbons (Fsp3) is 0.414. The second-order valence-electron chi connectivity index (χ2n) is 10.6. The first kappa shape index (κ1) is 21.8. The summed E-state index contributed by atoms with van der Waals surface area (Å²) in [6, 6.07) is 20.0. The molecule has 0 aromatic heterocycles. The molecule has 2 aliphatic carbocycles. The molecule has 5 heteroatoms. The summed E-state index contributed by atoms with van der Waals surface area (Å²) in [4.78, 5) is 11.3. The first-order chi connectivity index (χ1) is 16.5. The average Bonchev–Trinajstić information content (AvgIpc) is 3.42. The third-order valence-corrected chi connectivity index (χ3v) is 8.33. The number of carboxylic acids is 1. The van der Waals surface area contributed by atoms with Crippen LogP contribution in [0, 0.1) is 11.8 Å². The van der Waals surface area contributed by atoms with E-state index < -0.39 is 5.97 Å². The molecular weight excluding hydrogens is 422 g/mol. The van der Waals surface area contributed by atoms with E-state index in [4.69, 9.17) is 0 Å². The van der Waals surface area contributed by atoms with Crippen molar-refractivity contribution >= 4 is 16.7 Å². The highest BCUT2D eigenvalue weighted by Gasteiger charge is 2.43. The molecule has 3 aromatic rings. The molecule has 0 radical (unpaired) electrons. The summed E-state index contributed by atoms with van der Waals surface area (Å²) in [7, 11) is 0. The smallest absolute Gasteiger partial charge is 0.335 e. The van der Waals surface area contributed by atoms with Gasteiger partial charge in [-0.15, -0.1) is 0 Å². The first-order valence-corrected chi connectivity index (χ1v) is 12.7. The highest BCUT2D eigenvalue weighted by Crippen LogP contribution is 2.46. The molecule has 0 bridgehead atoms. The molecule has 1 saturated heterocycles. The molecule has 1 heterocycles. The minimum Gasteiger partial charge on any atom is -0.478 e. The van der Waals surface area contributed by atoms with Gasteiger partial charge in [0.15, 0.2) is 0 Å². The van der Waals surface area contributed by atoms with Crippen molar-refractivity contribution in [3.8, 4) is 0 Å². The third kappa shape index (κ3) is 4.02. The van der Waals surface area contributed by atoms with Gasteiger partial charge in [0.2, 0.25) is 0 Å². The molecule has 176 valence electrons. The van der Waals surface area contributed by atoms with Crippen LogP contribution in [-0.2, 0) is 13.0 Å². The van der Waals surface area contributed by atoms with Gasteiger partial charge in [-0.3, -0.25) is 0 Å². The Hall–Kier alpha value is -2.73. The van der Waals surface area contributed by atoms with Crippen LogP contribution < -0.4 is 16.2 Å². The van der Waals surface area contributed by atoms with E-state index in [2.05, 4.69) is 53.4 Å². The van der Waals surface area contributed by atoms with Crippen molar-refractivity contribution in [2.45, 2.75) is 63.7 Å². The maximum atomic E-state index is 11.3. The van der Waals surface area contributed by atoms with E-state index in [-0.39, 0.29) is 6.04 Å². The van der Waals surface area contributed by atoms with Crippen LogP contribution in [0.4, 0.5) is 0 Å². The van der Waals surface area contributed by atoms with Gasteiger partial charge in [0.05, 0.1) is 17.6 Å². The van der Waals surface area contributed by atoms with E-state index in [0.717, 1.165) is 29.7 Å². The van der Waals surface area contributed by atoms with Crippen LogP contribution in [0.3, 0.4) is 0 Å². The summed E-state index contributed by atoms with van der Waals surface area (Å²) in [6.07, 6.45) is 6.37. The van der Waals surface area contributed by atoms with Crippen molar-refractivity contribution < 1.29 is 9.90 Å². The number of aromatic carboxylic acids is 1. The Morgan fingerprint density at radius 3 is 2.53 bits per heavy atom. The molecule has 4 N–H and O–H groups in total. The fourth-order valence-electron chi connectivity index (χ4n) is 6.28. The predicted molar refractivity (Wildman–Crippen MR) is 135 cm³/mol. The molecule has 3 atom stereocenters. The topological polar surface area (TPSA) is 73.4 Å². The fourth-order valence-corrected chi connectivity index (χ4v) is 6.28. The standard InChI is InChI=1S/C29H33N3O2/c1-17-2-9-24(10-3-17)30-16-18-4-11-25-23(12-18)15-26-27(31-32-28(25)26)21-7-5-20-14-22(29(33)34)8-6-19(20)13-21/h4-8,11-14,17,24,26-28,30-32H,2-3,9-10,15-16H2,1H3,(H,33,34). The summed E-state index contributed by atoms with van der Waals surface area (Å²) in [5.74, 6) is 0.465. The molecule has 3 aromatic carbocycles. The van der Waals surface area contributed by atoms with Crippen molar-refractivity contribution in [2.24, 2.45) is 11.8 Å². The zero-order chi connectivity index (χ0) is 23.2. The lowest BCUT2D eigenvalue weighted by Crippen LogP contribution is -2.32. The lowest BCUT2D eigenvalue weighted by atomic mass is 9.87. The molecule has 1 aliphatic heterocycles. The molecule has 1 saturated carbocycles. The van der Waals surface area contributed by atoms with Crippen LogP contribution in [-0.4, -0.2) is 17.1 Å². The number of hydrogen-bond donors (Lipinski definition) is 4. The molecule has 0 spiro atoms. The minimum atomic E-state index is -0.887. The summed E-state index contributed by atoms with van der Waals surface area (Å²) < 4.78 is 0. The molecule has 0 amide bonds. The highest BCUT2D eigenvalue weighted by molar-refractivity contribution is 5.94. The molecule has 6 rings (SSSR count). The minimum absolute atomic E-state index is 0.228. The second kappa shape index (κ2) is 8.81. The van der Waals surface area contributed by atoms with Crippen molar-refractivity contribution in [3.63, 3.8) is 0 Å². The maximum Gasteiger partial charge on any atom is 0.335 e. The second-order valence-corrected chi connectivity index (χ2v) is 10.6. The molecular formula is C29H33N3O2. The van der Waals surface area contributed by atoms with E-state index >= 15 is 0 Å². The van der Waals surface area contributed by atoms with Gasteiger partial charge in [-0.2, -0.15) is 0 Å². The molecule has 5 nitrogen and oxygen atoms in total. The van der Waals surface area contributed by atoms with Crippen molar-refractivity contribution in [1.82, 2.24) is 16.2 Å². The Kier molecular flexibility index (Phi) is 5.64. The molecule has 3 unspecified atom stereocenters. The summed E-state index contributed by atoms with van der Waals surface area (Å²) in [5, 5.41) is 15.1. The predicted octanol–water partition coefficient (Wildman–Crippen LogP) is 5.27. The summed E-state index contributed by atoms with van der Waals surface area (Å²) >= 11 is 0. The number of carboxylic acid groups (broad SMARTS) is 1. The van der Waals surface area contributed by atoms with E-state index in [9.17, 15) is 9.90 Å². The largest absolute Gasteiger partial charge is 0.478 e. The number of nitrogens with one attached hydrogen (secondary N) is 3. The van der Waals surface area contributed by atoms with Gasteiger partial charge in [-0.05, 0) is 89.2 Å².